The van der Waals surface area contributed by atoms with Crippen LogP contribution in [0.15, 0.2) is 40.6 Å². The number of hydrogen-bond donors (Lipinski definition) is 1. The molecule has 0 spiro atoms. The van der Waals surface area contributed by atoms with Crippen LogP contribution in [0.25, 0.3) is 0 Å². The van der Waals surface area contributed by atoms with Gasteiger partial charge in [-0.25, -0.2) is 8.42 Å². The molecule has 0 aliphatic carbocycles. The second kappa shape index (κ2) is 7.26. The summed E-state index contributed by atoms with van der Waals surface area (Å²) in [6, 6.07) is 10.2. The highest BCUT2D eigenvalue weighted by atomic mass is 127. The third-order valence-corrected chi connectivity index (χ3v) is 6.93. The first kappa shape index (κ1) is 17.7. The maximum Gasteiger partial charge on any atom is 0.252 e. The van der Waals surface area contributed by atoms with E-state index in [4.69, 9.17) is 11.6 Å². The van der Waals surface area contributed by atoms with E-state index < -0.39 is 15.9 Å². The number of sulfonamides is 1. The summed E-state index contributed by atoms with van der Waals surface area (Å²) >= 11 is 8.87. The van der Waals surface area contributed by atoms with Crippen molar-refractivity contribution in [2.24, 2.45) is 0 Å². The van der Waals surface area contributed by atoms with Gasteiger partial charge in [-0.15, -0.1) is 11.3 Å². The molecular formula is C13H12ClIN2O3S2. The van der Waals surface area contributed by atoms with E-state index in [2.05, 4.69) is 27.9 Å². The smallest absolute Gasteiger partial charge is 0.252 e. The third kappa shape index (κ3) is 4.42. The first-order valence-corrected chi connectivity index (χ1v) is 9.77. The number of hydrogen-bond acceptors (Lipinski definition) is 4. The van der Waals surface area contributed by atoms with Crippen LogP contribution in [0.4, 0.5) is 5.69 Å². The van der Waals surface area contributed by atoms with Crippen molar-refractivity contribution in [2.75, 3.05) is 18.9 Å². The van der Waals surface area contributed by atoms with Crippen LogP contribution >= 0.6 is 45.5 Å². The fraction of sp³-hybridized carbons (Fsp3) is 0.154. The van der Waals surface area contributed by atoms with E-state index in [1.54, 1.807) is 12.1 Å². The molecule has 9 heteroatoms. The SMILES string of the molecule is CN(CC(=O)Nc1ccc(I)cc1)S(=O)(=O)c1ccc(Cl)s1. The molecule has 118 valence electrons. The van der Waals surface area contributed by atoms with Crippen LogP contribution in [-0.4, -0.2) is 32.2 Å². The van der Waals surface area contributed by atoms with Crippen molar-refractivity contribution in [3.8, 4) is 0 Å². The van der Waals surface area contributed by atoms with Gasteiger partial charge >= 0.3 is 0 Å². The van der Waals surface area contributed by atoms with Crippen LogP contribution in [0.3, 0.4) is 0 Å². The summed E-state index contributed by atoms with van der Waals surface area (Å²) in [5, 5.41) is 2.66. The number of likely N-dealkylation sites (N-methyl/N-ethyl adjacent to an activating group) is 1. The Morgan fingerprint density at radius 1 is 1.27 bits per heavy atom. The predicted molar refractivity (Wildman–Crippen MR) is 96.9 cm³/mol. The highest BCUT2D eigenvalue weighted by molar-refractivity contribution is 14.1. The Kier molecular flexibility index (Phi) is 5.83. The lowest BCUT2D eigenvalue weighted by molar-refractivity contribution is -0.116. The molecule has 0 atom stereocenters. The lowest BCUT2D eigenvalue weighted by Gasteiger charge is -2.15. The molecule has 1 N–H and O–H groups in total. The van der Waals surface area contributed by atoms with Crippen molar-refractivity contribution in [3.63, 3.8) is 0 Å². The fourth-order valence-electron chi connectivity index (χ4n) is 1.61. The highest BCUT2D eigenvalue weighted by Gasteiger charge is 2.24. The maximum absolute atomic E-state index is 12.3. The second-order valence-corrected chi connectivity index (χ2v) is 9.61. The molecule has 0 fully saturated rings. The average molecular weight is 471 g/mol. The predicted octanol–water partition coefficient (Wildman–Crippen LogP) is 3.27. The summed E-state index contributed by atoms with van der Waals surface area (Å²) in [6.07, 6.45) is 0. The van der Waals surface area contributed by atoms with E-state index in [9.17, 15) is 13.2 Å². The van der Waals surface area contributed by atoms with Gasteiger partial charge in [0.1, 0.15) is 4.21 Å². The molecule has 1 amide bonds. The van der Waals surface area contributed by atoms with Crippen molar-refractivity contribution < 1.29 is 13.2 Å². The minimum Gasteiger partial charge on any atom is -0.325 e. The number of anilines is 1. The number of carbonyl (C=O) groups excluding carboxylic acids is 1. The van der Waals surface area contributed by atoms with Gasteiger partial charge in [0.05, 0.1) is 10.9 Å². The van der Waals surface area contributed by atoms with Crippen LogP contribution in [0, 0.1) is 3.57 Å². The Balaban J connectivity index is 2.03. The van der Waals surface area contributed by atoms with Gasteiger partial charge in [0.25, 0.3) is 10.0 Å². The number of thiophene rings is 1. The molecule has 0 bridgehead atoms. The maximum atomic E-state index is 12.3. The number of benzene rings is 1. The first-order valence-electron chi connectivity index (χ1n) is 6.06. The molecule has 1 aromatic carbocycles. The van der Waals surface area contributed by atoms with Crippen LogP contribution in [0.2, 0.25) is 4.34 Å². The van der Waals surface area contributed by atoms with E-state index in [1.807, 2.05) is 12.1 Å². The van der Waals surface area contributed by atoms with E-state index >= 15 is 0 Å². The number of nitrogens with zero attached hydrogens (tertiary/aromatic N) is 1. The van der Waals surface area contributed by atoms with Gasteiger partial charge in [0, 0.05) is 16.3 Å². The topological polar surface area (TPSA) is 66.5 Å². The van der Waals surface area contributed by atoms with E-state index in [-0.39, 0.29) is 10.8 Å². The Bertz CT molecular complexity index is 775. The zero-order chi connectivity index (χ0) is 16.3. The number of nitrogens with one attached hydrogen (secondary N) is 1. The summed E-state index contributed by atoms with van der Waals surface area (Å²) in [7, 11) is -2.35. The van der Waals surface area contributed by atoms with Gasteiger partial charge in [-0.1, -0.05) is 11.6 Å². The Morgan fingerprint density at radius 3 is 2.45 bits per heavy atom. The van der Waals surface area contributed by atoms with Crippen molar-refractivity contribution in [1.82, 2.24) is 4.31 Å². The lowest BCUT2D eigenvalue weighted by atomic mass is 10.3. The van der Waals surface area contributed by atoms with Crippen molar-refractivity contribution in [1.29, 1.82) is 0 Å². The molecule has 1 heterocycles. The molecule has 0 unspecified atom stereocenters. The van der Waals surface area contributed by atoms with Crippen molar-refractivity contribution >= 4 is 67.1 Å². The molecule has 0 aliphatic rings. The number of amides is 1. The van der Waals surface area contributed by atoms with Gasteiger partial charge in [0.2, 0.25) is 5.91 Å². The molecule has 5 nitrogen and oxygen atoms in total. The Hall–Kier alpha value is -0.680. The summed E-state index contributed by atoms with van der Waals surface area (Å²) in [4.78, 5) is 11.9. The molecule has 0 aliphatic heterocycles. The summed E-state index contributed by atoms with van der Waals surface area (Å²) < 4.78 is 27.1. The Morgan fingerprint density at radius 2 is 1.91 bits per heavy atom. The number of rotatable bonds is 5. The molecule has 2 aromatic rings. The Labute approximate surface area is 151 Å². The molecule has 0 radical (unpaired) electrons. The molecule has 0 saturated heterocycles. The molecule has 0 saturated carbocycles. The highest BCUT2D eigenvalue weighted by Crippen LogP contribution is 2.27. The van der Waals surface area contributed by atoms with Gasteiger partial charge in [0.15, 0.2) is 0 Å². The third-order valence-electron chi connectivity index (χ3n) is 2.71. The van der Waals surface area contributed by atoms with E-state index in [1.165, 1.54) is 19.2 Å². The average Bonchev–Trinajstić information content (AvgIpc) is 2.88. The largest absolute Gasteiger partial charge is 0.325 e. The minimum atomic E-state index is -3.71. The summed E-state index contributed by atoms with van der Waals surface area (Å²) in [5.74, 6) is -0.407. The van der Waals surface area contributed by atoms with Gasteiger partial charge in [-0.2, -0.15) is 4.31 Å². The van der Waals surface area contributed by atoms with Gasteiger partial charge < -0.3 is 5.32 Å². The van der Waals surface area contributed by atoms with Crippen LogP contribution in [-0.2, 0) is 14.8 Å². The van der Waals surface area contributed by atoms with Gasteiger partial charge in [-0.3, -0.25) is 4.79 Å². The molecule has 1 aromatic heterocycles. The molecular weight excluding hydrogens is 459 g/mol. The lowest BCUT2D eigenvalue weighted by Crippen LogP contribution is -2.34. The van der Waals surface area contributed by atoms with Crippen molar-refractivity contribution in [2.45, 2.75) is 4.21 Å². The minimum absolute atomic E-state index is 0.113. The first-order chi connectivity index (χ1) is 10.3. The van der Waals surface area contributed by atoms with Crippen LogP contribution in [0.1, 0.15) is 0 Å². The van der Waals surface area contributed by atoms with Crippen LogP contribution in [0.5, 0.6) is 0 Å². The van der Waals surface area contributed by atoms with Crippen molar-refractivity contribution in [3.05, 3.63) is 44.3 Å². The zero-order valence-electron chi connectivity index (χ0n) is 11.4. The van der Waals surface area contributed by atoms with Gasteiger partial charge in [-0.05, 0) is 59.0 Å². The summed E-state index contributed by atoms with van der Waals surface area (Å²) in [5.41, 5.74) is 0.621. The normalized spacial score (nSPS) is 11.6. The summed E-state index contributed by atoms with van der Waals surface area (Å²) in [6.45, 7) is -0.274. The van der Waals surface area contributed by atoms with E-state index in [0.29, 0.717) is 10.0 Å². The molecule has 2 rings (SSSR count). The zero-order valence-corrected chi connectivity index (χ0v) is 16.0. The quantitative estimate of drug-likeness (QED) is 0.682. The van der Waals surface area contributed by atoms with E-state index in [0.717, 1.165) is 19.2 Å². The second-order valence-electron chi connectivity index (χ2n) is 4.37. The fourth-order valence-corrected chi connectivity index (χ4v) is 4.79. The van der Waals surface area contributed by atoms with Crippen LogP contribution < -0.4 is 5.32 Å². The number of carbonyl (C=O) groups is 1. The number of halogens is 2. The standard InChI is InChI=1S/C13H12ClIN2O3S2/c1-17(22(19,20)13-7-6-11(14)21-13)8-12(18)16-10-4-2-9(15)3-5-10/h2-7H,8H2,1H3,(H,16,18). The monoisotopic (exact) mass is 470 g/mol. The molecule has 22 heavy (non-hydrogen) atoms.